The fourth-order valence-corrected chi connectivity index (χ4v) is 4.65. The lowest BCUT2D eigenvalue weighted by Crippen LogP contribution is -2.52. The molecule has 0 atom stereocenters. The summed E-state index contributed by atoms with van der Waals surface area (Å²) in [4.78, 5) is 24.9. The molecule has 1 N–H and O–H groups in total. The summed E-state index contributed by atoms with van der Waals surface area (Å²) in [5.74, 6) is -0.911. The minimum atomic E-state index is -4.80. The Kier molecular flexibility index (Phi) is 6.62. The van der Waals surface area contributed by atoms with Crippen LogP contribution >= 0.6 is 11.6 Å². The average Bonchev–Trinajstić information content (AvgIpc) is 3.26. The van der Waals surface area contributed by atoms with Crippen LogP contribution in [-0.2, 0) is 21.0 Å². The molecule has 0 spiro atoms. The fourth-order valence-electron chi connectivity index (χ4n) is 2.97. The van der Waals surface area contributed by atoms with Crippen LogP contribution in [0.25, 0.3) is 0 Å². The largest absolute Gasteiger partial charge is 0.472 e. The van der Waals surface area contributed by atoms with Gasteiger partial charge in [0.2, 0.25) is 15.9 Å². The highest BCUT2D eigenvalue weighted by molar-refractivity contribution is 7.89. The first-order valence-electron chi connectivity index (χ1n) is 8.95. The van der Waals surface area contributed by atoms with E-state index >= 15 is 0 Å². The average molecular weight is 480 g/mol. The second-order valence-corrected chi connectivity index (χ2v) is 8.96. The highest BCUT2D eigenvalue weighted by Gasteiger charge is 2.36. The summed E-state index contributed by atoms with van der Waals surface area (Å²) in [6, 6.07) is 3.83. The Morgan fingerprint density at radius 3 is 2.39 bits per heavy atom. The molecule has 0 aliphatic carbocycles. The molecule has 2 amide bonds. The Morgan fingerprint density at radius 1 is 1.13 bits per heavy atom. The van der Waals surface area contributed by atoms with Crippen LogP contribution < -0.4 is 5.32 Å². The zero-order chi connectivity index (χ0) is 22.8. The van der Waals surface area contributed by atoms with Gasteiger partial charge in [-0.1, -0.05) is 11.6 Å². The van der Waals surface area contributed by atoms with Crippen molar-refractivity contribution in [1.82, 2.24) is 14.5 Å². The van der Waals surface area contributed by atoms with E-state index in [1.54, 1.807) is 0 Å². The number of nitrogens with one attached hydrogen (secondary N) is 1. The molecule has 1 saturated heterocycles. The topological polar surface area (TPSA) is 99.9 Å². The zero-order valence-corrected chi connectivity index (χ0v) is 17.4. The first kappa shape index (κ1) is 23.1. The number of halogens is 4. The van der Waals surface area contributed by atoms with Crippen molar-refractivity contribution in [2.24, 2.45) is 0 Å². The van der Waals surface area contributed by atoms with Crippen molar-refractivity contribution in [2.45, 2.75) is 11.1 Å². The number of benzene rings is 1. The van der Waals surface area contributed by atoms with Gasteiger partial charge >= 0.3 is 6.18 Å². The van der Waals surface area contributed by atoms with Gasteiger partial charge in [-0.15, -0.1) is 0 Å². The SMILES string of the molecule is O=C(NCC(=O)N1CCN(S(=O)(=O)c2ccc(Cl)c(C(F)(F)F)c2)CC1)c1ccoc1. The van der Waals surface area contributed by atoms with Crippen LogP contribution in [0.3, 0.4) is 0 Å². The molecule has 1 aromatic carbocycles. The van der Waals surface area contributed by atoms with Crippen LogP contribution in [0.1, 0.15) is 15.9 Å². The monoisotopic (exact) mass is 479 g/mol. The number of carbonyl (C=O) groups excluding carboxylic acids is 2. The van der Waals surface area contributed by atoms with Gasteiger partial charge < -0.3 is 14.6 Å². The van der Waals surface area contributed by atoms with E-state index in [4.69, 9.17) is 16.0 Å². The van der Waals surface area contributed by atoms with Gasteiger partial charge in [-0.3, -0.25) is 9.59 Å². The summed E-state index contributed by atoms with van der Waals surface area (Å²) in [5, 5.41) is 1.84. The normalized spacial score (nSPS) is 15.7. The molecule has 1 aliphatic rings. The van der Waals surface area contributed by atoms with Crippen molar-refractivity contribution < 1.29 is 35.6 Å². The Labute approximate surface area is 180 Å². The molecule has 1 fully saturated rings. The molecule has 13 heteroatoms. The van der Waals surface area contributed by atoms with E-state index in [0.29, 0.717) is 6.07 Å². The Bertz CT molecular complexity index is 1070. The molecule has 2 aromatic rings. The van der Waals surface area contributed by atoms with Gasteiger partial charge in [0.25, 0.3) is 5.91 Å². The summed E-state index contributed by atoms with van der Waals surface area (Å²) in [6.45, 7) is -0.441. The predicted molar refractivity (Wildman–Crippen MR) is 103 cm³/mol. The first-order chi connectivity index (χ1) is 14.5. The Balaban J connectivity index is 1.61. The van der Waals surface area contributed by atoms with Crippen molar-refractivity contribution >= 4 is 33.4 Å². The number of sulfonamides is 1. The summed E-state index contributed by atoms with van der Waals surface area (Å²) < 4.78 is 70.4. The van der Waals surface area contributed by atoms with Crippen LogP contribution in [0.5, 0.6) is 0 Å². The second-order valence-electron chi connectivity index (χ2n) is 6.62. The molecule has 3 rings (SSSR count). The van der Waals surface area contributed by atoms with Gasteiger partial charge in [0.05, 0.1) is 33.9 Å². The molecule has 1 aromatic heterocycles. The number of nitrogens with zero attached hydrogens (tertiary/aromatic N) is 2. The molecule has 0 unspecified atom stereocenters. The van der Waals surface area contributed by atoms with Gasteiger partial charge in [-0.25, -0.2) is 8.42 Å². The number of piperazine rings is 1. The Hall–Kier alpha value is -2.57. The lowest BCUT2D eigenvalue weighted by atomic mass is 10.2. The van der Waals surface area contributed by atoms with Crippen LogP contribution in [0.4, 0.5) is 13.2 Å². The molecule has 0 bridgehead atoms. The molecule has 8 nitrogen and oxygen atoms in total. The van der Waals surface area contributed by atoms with Gasteiger partial charge in [0.15, 0.2) is 0 Å². The summed E-state index contributed by atoms with van der Waals surface area (Å²) in [5.41, 5.74) is -0.984. The molecular weight excluding hydrogens is 463 g/mol. The molecule has 31 heavy (non-hydrogen) atoms. The number of alkyl halides is 3. The first-order valence-corrected chi connectivity index (χ1v) is 10.8. The third-order valence-corrected chi connectivity index (χ3v) is 6.88. The summed E-state index contributed by atoms with van der Waals surface area (Å²) in [7, 11) is -4.21. The third-order valence-electron chi connectivity index (χ3n) is 4.66. The molecule has 0 radical (unpaired) electrons. The highest BCUT2D eigenvalue weighted by Crippen LogP contribution is 2.36. The standard InChI is InChI=1S/C18H17ClF3N3O5S/c19-15-2-1-13(9-14(15)18(20,21)22)31(28,29)25-6-4-24(5-7-25)16(26)10-23-17(27)12-3-8-30-11-12/h1-3,8-9,11H,4-7,10H2,(H,23,27). The minimum absolute atomic E-state index is 0.0271. The van der Waals surface area contributed by atoms with Gasteiger partial charge in [-0.05, 0) is 24.3 Å². The zero-order valence-electron chi connectivity index (χ0n) is 15.9. The molecule has 0 saturated carbocycles. The minimum Gasteiger partial charge on any atom is -0.472 e. The van der Waals surface area contributed by atoms with E-state index in [1.165, 1.54) is 23.5 Å². The van der Waals surface area contributed by atoms with Crippen molar-refractivity contribution in [1.29, 1.82) is 0 Å². The van der Waals surface area contributed by atoms with Crippen LogP contribution in [0.2, 0.25) is 5.02 Å². The van der Waals surface area contributed by atoms with Crippen LogP contribution in [0.15, 0.2) is 46.1 Å². The maximum absolute atomic E-state index is 13.0. The lowest BCUT2D eigenvalue weighted by molar-refractivity contribution is -0.137. The number of furan rings is 1. The maximum atomic E-state index is 13.0. The van der Waals surface area contributed by atoms with Crippen molar-refractivity contribution in [3.05, 3.63) is 52.9 Å². The maximum Gasteiger partial charge on any atom is 0.417 e. The lowest BCUT2D eigenvalue weighted by Gasteiger charge is -2.34. The van der Waals surface area contributed by atoms with Gasteiger partial charge in [0, 0.05) is 26.2 Å². The van der Waals surface area contributed by atoms with E-state index in [9.17, 15) is 31.2 Å². The van der Waals surface area contributed by atoms with E-state index in [0.717, 1.165) is 16.4 Å². The molecule has 1 aliphatic heterocycles. The molecule has 2 heterocycles. The van der Waals surface area contributed by atoms with Gasteiger partial charge in [-0.2, -0.15) is 17.5 Å². The number of hydrogen-bond donors (Lipinski definition) is 1. The van der Waals surface area contributed by atoms with Crippen LogP contribution in [-0.4, -0.2) is 62.2 Å². The van der Waals surface area contributed by atoms with Gasteiger partial charge in [0.1, 0.15) is 6.26 Å². The fraction of sp³-hybridized carbons (Fsp3) is 0.333. The van der Waals surface area contributed by atoms with E-state index in [1.807, 2.05) is 0 Å². The van der Waals surface area contributed by atoms with E-state index in [2.05, 4.69) is 5.32 Å². The smallest absolute Gasteiger partial charge is 0.417 e. The van der Waals surface area contributed by atoms with Crippen molar-refractivity contribution in [3.63, 3.8) is 0 Å². The number of hydrogen-bond acceptors (Lipinski definition) is 5. The predicted octanol–water partition coefficient (Wildman–Crippen LogP) is 2.21. The molecular formula is C18H17ClF3N3O5S. The quantitative estimate of drug-likeness (QED) is 0.709. The van der Waals surface area contributed by atoms with Crippen LogP contribution in [0, 0.1) is 0 Å². The van der Waals surface area contributed by atoms with Crippen molar-refractivity contribution in [3.8, 4) is 0 Å². The molecule has 168 valence electrons. The third kappa shape index (κ3) is 5.20. The summed E-state index contributed by atoms with van der Waals surface area (Å²) in [6.07, 6.45) is -2.26. The highest BCUT2D eigenvalue weighted by atomic mass is 35.5. The van der Waals surface area contributed by atoms with Crippen molar-refractivity contribution in [2.75, 3.05) is 32.7 Å². The Morgan fingerprint density at radius 2 is 1.81 bits per heavy atom. The summed E-state index contributed by atoms with van der Waals surface area (Å²) >= 11 is 5.55. The second kappa shape index (κ2) is 8.89. The van der Waals surface area contributed by atoms with E-state index < -0.39 is 43.5 Å². The van der Waals surface area contributed by atoms with E-state index in [-0.39, 0.29) is 38.3 Å². The number of carbonyl (C=O) groups is 2. The number of rotatable bonds is 5. The number of amides is 2.